The summed E-state index contributed by atoms with van der Waals surface area (Å²) >= 11 is 0. The quantitative estimate of drug-likeness (QED) is 0.168. The molecular weight excluding hydrogens is 671 g/mol. The fourth-order valence-electron chi connectivity index (χ4n) is 7.98. The molecule has 2 heterocycles. The van der Waals surface area contributed by atoms with E-state index >= 15 is 0 Å². The smallest absolute Gasteiger partial charge is 0.164 e. The molecule has 4 nitrogen and oxygen atoms in total. The summed E-state index contributed by atoms with van der Waals surface area (Å²) in [4.78, 5) is 15.0. The lowest BCUT2D eigenvalue weighted by atomic mass is 9.92. The van der Waals surface area contributed by atoms with Crippen molar-refractivity contribution in [1.29, 1.82) is 0 Å². The first-order valence-corrected chi connectivity index (χ1v) is 18.5. The van der Waals surface area contributed by atoms with Crippen molar-refractivity contribution in [2.24, 2.45) is 0 Å². The van der Waals surface area contributed by atoms with Crippen LogP contribution in [0.4, 0.5) is 0 Å². The van der Waals surface area contributed by atoms with Gasteiger partial charge in [0.05, 0.1) is 0 Å². The van der Waals surface area contributed by atoms with E-state index in [0.29, 0.717) is 17.5 Å². The predicted molar refractivity (Wildman–Crippen MR) is 227 cm³/mol. The highest BCUT2D eigenvalue weighted by Gasteiger charge is 2.16. The number of hydrogen-bond acceptors (Lipinski definition) is 4. The van der Waals surface area contributed by atoms with E-state index in [1.807, 2.05) is 48.5 Å². The zero-order valence-electron chi connectivity index (χ0n) is 29.6. The number of fused-ring (bicyclic) bond motifs is 9. The van der Waals surface area contributed by atoms with Crippen LogP contribution >= 0.6 is 0 Å². The number of aromatic nitrogens is 3. The van der Waals surface area contributed by atoms with Gasteiger partial charge < -0.3 is 4.42 Å². The molecule has 9 aromatic carbocycles. The van der Waals surface area contributed by atoms with E-state index < -0.39 is 0 Å². The summed E-state index contributed by atoms with van der Waals surface area (Å²) < 4.78 is 6.50. The molecule has 0 aliphatic carbocycles. The maximum absolute atomic E-state index is 6.50. The zero-order chi connectivity index (χ0) is 36.3. The lowest BCUT2D eigenvalue weighted by molar-refractivity contribution is 0.669. The highest BCUT2D eigenvalue weighted by molar-refractivity contribution is 6.25. The first-order valence-electron chi connectivity index (χ1n) is 18.5. The second kappa shape index (κ2) is 12.6. The van der Waals surface area contributed by atoms with Crippen molar-refractivity contribution < 1.29 is 4.42 Å². The number of benzene rings is 9. The second-order valence-electron chi connectivity index (χ2n) is 14.0. The van der Waals surface area contributed by atoms with E-state index in [1.54, 1.807) is 0 Å². The van der Waals surface area contributed by atoms with Crippen molar-refractivity contribution in [3.05, 3.63) is 188 Å². The highest BCUT2D eigenvalue weighted by atomic mass is 16.3. The van der Waals surface area contributed by atoms with Crippen molar-refractivity contribution in [1.82, 2.24) is 15.0 Å². The Kier molecular flexibility index (Phi) is 7.14. The standard InChI is InChI=1S/C51H31N3O/c1-3-11-32(12-4-1)33-19-21-35(22-20-33)50-52-49(34-13-5-2-6-14-34)53-51(54-50)38-25-28-47-46(30-38)44-27-24-37(31-48(44)55-47)36-23-26-43-41-17-8-7-15-39(41)40-16-9-10-18-42(40)45(43)29-36/h1-31H. The molecule has 0 fully saturated rings. The first kappa shape index (κ1) is 31.1. The lowest BCUT2D eigenvalue weighted by Crippen LogP contribution is -2.00. The molecule has 2 aromatic heterocycles. The van der Waals surface area contributed by atoms with Crippen LogP contribution in [0.1, 0.15) is 0 Å². The molecule has 0 N–H and O–H groups in total. The average molecular weight is 702 g/mol. The van der Waals surface area contributed by atoms with Crippen molar-refractivity contribution in [2.45, 2.75) is 0 Å². The fourth-order valence-corrected chi connectivity index (χ4v) is 7.98. The minimum absolute atomic E-state index is 0.611. The number of rotatable bonds is 5. The molecule has 0 spiro atoms. The number of hydrogen-bond donors (Lipinski definition) is 0. The molecule has 11 aromatic rings. The molecule has 0 saturated carbocycles. The van der Waals surface area contributed by atoms with E-state index in [1.165, 1.54) is 37.9 Å². The Labute approximate surface area is 317 Å². The summed E-state index contributed by atoms with van der Waals surface area (Å²) in [6.45, 7) is 0. The van der Waals surface area contributed by atoms with Crippen molar-refractivity contribution in [3.63, 3.8) is 0 Å². The maximum Gasteiger partial charge on any atom is 0.164 e. The van der Waals surface area contributed by atoms with E-state index in [0.717, 1.165) is 55.3 Å². The number of furan rings is 1. The summed E-state index contributed by atoms with van der Waals surface area (Å²) in [5.74, 6) is 1.87. The first-order chi connectivity index (χ1) is 27.2. The second-order valence-corrected chi connectivity index (χ2v) is 14.0. The Morgan fingerprint density at radius 3 is 1.27 bits per heavy atom. The molecule has 0 saturated heterocycles. The van der Waals surface area contributed by atoms with Gasteiger partial charge in [-0.1, -0.05) is 152 Å². The molecule has 0 unspecified atom stereocenters. The van der Waals surface area contributed by atoms with Gasteiger partial charge in [0.15, 0.2) is 17.5 Å². The van der Waals surface area contributed by atoms with Gasteiger partial charge in [0.1, 0.15) is 11.2 Å². The van der Waals surface area contributed by atoms with Crippen LogP contribution < -0.4 is 0 Å². The lowest BCUT2D eigenvalue weighted by Gasteiger charge is -2.12. The SMILES string of the molecule is c1ccc(-c2ccc(-c3nc(-c4ccccc4)nc(-c4ccc5oc6cc(-c7ccc8c9ccccc9c9ccccc9c8c7)ccc6c5c4)n3)cc2)cc1. The third-order valence-corrected chi connectivity index (χ3v) is 10.7. The van der Waals surface area contributed by atoms with E-state index in [2.05, 4.69) is 140 Å². The molecule has 0 atom stereocenters. The molecule has 0 amide bonds. The van der Waals surface area contributed by atoms with Gasteiger partial charge in [-0.3, -0.25) is 0 Å². The van der Waals surface area contributed by atoms with Crippen LogP contribution in [0.25, 0.3) is 111 Å². The topological polar surface area (TPSA) is 51.8 Å². The third kappa shape index (κ3) is 5.34. The van der Waals surface area contributed by atoms with Crippen molar-refractivity contribution >= 4 is 54.3 Å². The minimum Gasteiger partial charge on any atom is -0.456 e. The Morgan fingerprint density at radius 2 is 0.636 bits per heavy atom. The normalized spacial score (nSPS) is 11.6. The van der Waals surface area contributed by atoms with Crippen LogP contribution in [-0.4, -0.2) is 15.0 Å². The van der Waals surface area contributed by atoms with Crippen LogP contribution in [0.3, 0.4) is 0 Å². The van der Waals surface area contributed by atoms with Gasteiger partial charge in [-0.25, -0.2) is 15.0 Å². The molecule has 55 heavy (non-hydrogen) atoms. The zero-order valence-corrected chi connectivity index (χ0v) is 29.6. The predicted octanol–water partition coefficient (Wildman–Crippen LogP) is 13.6. The summed E-state index contributed by atoms with van der Waals surface area (Å²) in [7, 11) is 0. The Balaban J connectivity index is 1.00. The summed E-state index contributed by atoms with van der Waals surface area (Å²) in [6, 6.07) is 65.8. The fraction of sp³-hybridized carbons (Fsp3) is 0. The Hall–Kier alpha value is -7.43. The van der Waals surface area contributed by atoms with Crippen LogP contribution in [0.5, 0.6) is 0 Å². The largest absolute Gasteiger partial charge is 0.456 e. The van der Waals surface area contributed by atoms with Crippen LogP contribution in [-0.2, 0) is 0 Å². The number of nitrogens with zero attached hydrogens (tertiary/aromatic N) is 3. The Morgan fingerprint density at radius 1 is 0.236 bits per heavy atom. The molecule has 0 radical (unpaired) electrons. The maximum atomic E-state index is 6.50. The van der Waals surface area contributed by atoms with Gasteiger partial charge in [-0.2, -0.15) is 0 Å². The van der Waals surface area contributed by atoms with Gasteiger partial charge in [0.25, 0.3) is 0 Å². The summed E-state index contributed by atoms with van der Waals surface area (Å²) in [6.07, 6.45) is 0. The summed E-state index contributed by atoms with van der Waals surface area (Å²) in [5, 5.41) is 9.66. The van der Waals surface area contributed by atoms with E-state index in [9.17, 15) is 0 Å². The van der Waals surface area contributed by atoms with Crippen LogP contribution in [0.15, 0.2) is 192 Å². The van der Waals surface area contributed by atoms with Gasteiger partial charge in [-0.15, -0.1) is 0 Å². The van der Waals surface area contributed by atoms with Gasteiger partial charge in [0.2, 0.25) is 0 Å². The average Bonchev–Trinajstić information content (AvgIpc) is 3.64. The third-order valence-electron chi connectivity index (χ3n) is 10.7. The minimum atomic E-state index is 0.611. The molecular formula is C51H31N3O. The van der Waals surface area contributed by atoms with Gasteiger partial charge in [0, 0.05) is 27.5 Å². The molecule has 4 heteroatoms. The van der Waals surface area contributed by atoms with Gasteiger partial charge in [-0.05, 0) is 91.0 Å². The van der Waals surface area contributed by atoms with E-state index in [4.69, 9.17) is 19.4 Å². The van der Waals surface area contributed by atoms with Crippen LogP contribution in [0.2, 0.25) is 0 Å². The Bertz CT molecular complexity index is 3210. The van der Waals surface area contributed by atoms with E-state index in [-0.39, 0.29) is 0 Å². The monoisotopic (exact) mass is 701 g/mol. The molecule has 11 rings (SSSR count). The molecule has 0 aliphatic heterocycles. The molecule has 0 bridgehead atoms. The van der Waals surface area contributed by atoms with Gasteiger partial charge >= 0.3 is 0 Å². The molecule has 256 valence electrons. The van der Waals surface area contributed by atoms with Crippen molar-refractivity contribution in [3.8, 4) is 56.4 Å². The van der Waals surface area contributed by atoms with Crippen LogP contribution in [0, 0.1) is 0 Å². The summed E-state index contributed by atoms with van der Waals surface area (Å²) in [5.41, 5.74) is 9.00. The van der Waals surface area contributed by atoms with Crippen molar-refractivity contribution in [2.75, 3.05) is 0 Å². The highest BCUT2D eigenvalue weighted by Crippen LogP contribution is 2.39. The molecule has 0 aliphatic rings.